The Labute approximate surface area is 155 Å². The summed E-state index contributed by atoms with van der Waals surface area (Å²) in [5.41, 5.74) is 2.62. The van der Waals surface area contributed by atoms with Gasteiger partial charge in [0, 0.05) is 7.05 Å². The topological polar surface area (TPSA) is 84.3 Å². The molecule has 0 unspecified atom stereocenters. The lowest BCUT2D eigenvalue weighted by Crippen LogP contribution is -2.40. The zero-order chi connectivity index (χ0) is 18.0. The van der Waals surface area contributed by atoms with E-state index >= 15 is 0 Å². The molecule has 0 fully saturated rings. The molecule has 128 valence electrons. The van der Waals surface area contributed by atoms with Crippen molar-refractivity contribution in [2.75, 3.05) is 19.0 Å². The van der Waals surface area contributed by atoms with Crippen LogP contribution in [0.2, 0.25) is 0 Å². The van der Waals surface area contributed by atoms with Gasteiger partial charge in [-0.05, 0) is 40.2 Å². The van der Waals surface area contributed by atoms with Crippen LogP contribution >= 0.6 is 27.3 Å². The van der Waals surface area contributed by atoms with Gasteiger partial charge in [0.05, 0.1) is 19.6 Å². The highest BCUT2D eigenvalue weighted by molar-refractivity contribution is 9.11. The average Bonchev–Trinajstić information content (AvgIpc) is 3.03. The van der Waals surface area contributed by atoms with Gasteiger partial charge in [0.15, 0.2) is 0 Å². The molecule has 3 aromatic rings. The van der Waals surface area contributed by atoms with E-state index in [-0.39, 0.29) is 18.0 Å². The standard InChI is InChI=1S/C16H13BrN4O3S/c1-20(16(24)12-6-7-13(17)25-12)8-14(22)19-21-9-18-11-5-3-2-4-10(11)15(21)23/h2-7,9H,8H2,1H3,(H,19,22). The molecule has 25 heavy (non-hydrogen) atoms. The van der Waals surface area contributed by atoms with Gasteiger partial charge in [-0.2, -0.15) is 0 Å². The monoisotopic (exact) mass is 420 g/mol. The van der Waals surface area contributed by atoms with Crippen molar-refractivity contribution in [3.63, 3.8) is 0 Å². The molecule has 2 amide bonds. The number of aromatic nitrogens is 2. The van der Waals surface area contributed by atoms with Crippen LogP contribution in [0.4, 0.5) is 0 Å². The second-order valence-electron chi connectivity index (χ2n) is 5.24. The van der Waals surface area contributed by atoms with Gasteiger partial charge in [-0.15, -0.1) is 11.3 Å². The Bertz CT molecular complexity index is 1010. The molecule has 1 aromatic carbocycles. The van der Waals surface area contributed by atoms with Crippen LogP contribution < -0.4 is 11.0 Å². The molecule has 0 radical (unpaired) electrons. The lowest BCUT2D eigenvalue weighted by atomic mass is 10.2. The number of hydrogen-bond acceptors (Lipinski definition) is 5. The minimum absolute atomic E-state index is 0.187. The first-order valence-electron chi connectivity index (χ1n) is 7.23. The quantitative estimate of drug-likeness (QED) is 0.699. The summed E-state index contributed by atoms with van der Waals surface area (Å²) in [5.74, 6) is -0.763. The first kappa shape index (κ1) is 17.3. The second-order valence-corrected chi connectivity index (χ2v) is 7.70. The van der Waals surface area contributed by atoms with Crippen LogP contribution in [0.1, 0.15) is 9.67 Å². The summed E-state index contributed by atoms with van der Waals surface area (Å²) in [4.78, 5) is 42.7. The molecule has 2 aromatic heterocycles. The van der Waals surface area contributed by atoms with Crippen molar-refractivity contribution in [2.24, 2.45) is 0 Å². The van der Waals surface area contributed by atoms with E-state index in [1.54, 1.807) is 36.4 Å². The van der Waals surface area contributed by atoms with Crippen LogP contribution in [0, 0.1) is 0 Å². The Hall–Kier alpha value is -2.52. The number of carbonyl (C=O) groups is 2. The average molecular weight is 421 g/mol. The summed E-state index contributed by atoms with van der Waals surface area (Å²) < 4.78 is 1.85. The van der Waals surface area contributed by atoms with Crippen molar-refractivity contribution in [1.82, 2.24) is 14.6 Å². The molecule has 0 aliphatic carbocycles. The summed E-state index contributed by atoms with van der Waals surface area (Å²) in [7, 11) is 1.52. The number of rotatable bonds is 4. The summed E-state index contributed by atoms with van der Waals surface area (Å²) in [6, 6.07) is 10.3. The summed E-state index contributed by atoms with van der Waals surface area (Å²) in [5, 5.41) is 0.401. The number of benzene rings is 1. The van der Waals surface area contributed by atoms with Gasteiger partial charge in [0.2, 0.25) is 0 Å². The minimum atomic E-state index is -0.495. The van der Waals surface area contributed by atoms with Crippen LogP contribution in [0.15, 0.2) is 51.3 Å². The van der Waals surface area contributed by atoms with Crippen LogP contribution in [0.5, 0.6) is 0 Å². The van der Waals surface area contributed by atoms with Crippen molar-refractivity contribution in [3.05, 3.63) is 61.7 Å². The van der Waals surface area contributed by atoms with E-state index in [1.165, 1.54) is 29.6 Å². The molecule has 0 saturated heterocycles. The van der Waals surface area contributed by atoms with Crippen molar-refractivity contribution in [1.29, 1.82) is 0 Å². The third kappa shape index (κ3) is 3.77. The van der Waals surface area contributed by atoms with Crippen molar-refractivity contribution in [2.45, 2.75) is 0 Å². The Morgan fingerprint density at radius 3 is 2.76 bits per heavy atom. The number of amides is 2. The molecule has 2 heterocycles. The molecule has 0 bridgehead atoms. The summed E-state index contributed by atoms with van der Waals surface area (Å²) in [6.07, 6.45) is 1.25. The van der Waals surface area contributed by atoms with E-state index in [2.05, 4.69) is 26.3 Å². The Kier molecular flexibility index (Phi) is 4.95. The number of halogens is 1. The highest BCUT2D eigenvalue weighted by Gasteiger charge is 2.17. The maximum atomic E-state index is 12.3. The Morgan fingerprint density at radius 1 is 1.28 bits per heavy atom. The number of nitrogens with one attached hydrogen (secondary N) is 1. The largest absolute Gasteiger partial charge is 0.332 e. The summed E-state index contributed by atoms with van der Waals surface area (Å²) in [6.45, 7) is -0.187. The van der Waals surface area contributed by atoms with Gasteiger partial charge in [-0.1, -0.05) is 12.1 Å². The lowest BCUT2D eigenvalue weighted by molar-refractivity contribution is -0.117. The zero-order valence-corrected chi connectivity index (χ0v) is 15.5. The third-order valence-corrected chi connectivity index (χ3v) is 5.03. The van der Waals surface area contributed by atoms with E-state index in [9.17, 15) is 14.4 Å². The van der Waals surface area contributed by atoms with Crippen molar-refractivity contribution in [3.8, 4) is 0 Å². The molecular weight excluding hydrogens is 408 g/mol. The fraction of sp³-hybridized carbons (Fsp3) is 0.125. The number of carbonyl (C=O) groups excluding carboxylic acids is 2. The van der Waals surface area contributed by atoms with Gasteiger partial charge in [0.1, 0.15) is 12.9 Å². The van der Waals surface area contributed by atoms with E-state index in [0.29, 0.717) is 15.8 Å². The van der Waals surface area contributed by atoms with Gasteiger partial charge in [-0.25, -0.2) is 9.66 Å². The first-order chi connectivity index (χ1) is 12.0. The van der Waals surface area contributed by atoms with E-state index in [0.717, 1.165) is 8.46 Å². The number of fused-ring (bicyclic) bond motifs is 1. The maximum absolute atomic E-state index is 12.3. The number of likely N-dealkylation sites (N-methyl/N-ethyl adjacent to an activating group) is 1. The van der Waals surface area contributed by atoms with Crippen LogP contribution in [0.3, 0.4) is 0 Å². The molecule has 0 aliphatic heterocycles. The van der Waals surface area contributed by atoms with E-state index < -0.39 is 5.91 Å². The molecule has 0 spiro atoms. The molecular formula is C16H13BrN4O3S. The molecule has 0 saturated carbocycles. The van der Waals surface area contributed by atoms with Gasteiger partial charge < -0.3 is 4.90 Å². The first-order valence-corrected chi connectivity index (χ1v) is 8.83. The van der Waals surface area contributed by atoms with E-state index in [4.69, 9.17) is 0 Å². The van der Waals surface area contributed by atoms with Crippen LogP contribution in [-0.2, 0) is 4.79 Å². The van der Waals surface area contributed by atoms with Crippen LogP contribution in [0.25, 0.3) is 10.9 Å². The number of hydrogen-bond donors (Lipinski definition) is 1. The minimum Gasteiger partial charge on any atom is -0.332 e. The fourth-order valence-corrected chi connectivity index (χ4v) is 3.60. The highest BCUT2D eigenvalue weighted by atomic mass is 79.9. The molecule has 9 heteroatoms. The van der Waals surface area contributed by atoms with Crippen molar-refractivity contribution >= 4 is 50.0 Å². The van der Waals surface area contributed by atoms with Gasteiger partial charge >= 0.3 is 0 Å². The van der Waals surface area contributed by atoms with Crippen LogP contribution in [-0.4, -0.2) is 40.0 Å². The predicted molar refractivity (Wildman–Crippen MR) is 99.4 cm³/mol. The fourth-order valence-electron chi connectivity index (χ4n) is 2.22. The number of para-hydroxylation sites is 1. The normalized spacial score (nSPS) is 10.6. The molecule has 3 rings (SSSR count). The molecule has 0 aliphatic rings. The molecule has 1 N–H and O–H groups in total. The SMILES string of the molecule is CN(CC(=O)Nn1cnc2ccccc2c1=O)C(=O)c1ccc(Br)s1. The maximum Gasteiger partial charge on any atom is 0.280 e. The third-order valence-electron chi connectivity index (χ3n) is 3.42. The summed E-state index contributed by atoms with van der Waals surface area (Å²) >= 11 is 4.58. The predicted octanol–water partition coefficient (Wildman–Crippen LogP) is 2.06. The van der Waals surface area contributed by atoms with Gasteiger partial charge in [-0.3, -0.25) is 19.8 Å². The smallest absolute Gasteiger partial charge is 0.280 e. The molecule has 0 atom stereocenters. The Balaban J connectivity index is 1.71. The molecule has 7 nitrogen and oxygen atoms in total. The highest BCUT2D eigenvalue weighted by Crippen LogP contribution is 2.22. The number of nitrogens with zero attached hydrogens (tertiary/aromatic N) is 3. The van der Waals surface area contributed by atoms with Crippen molar-refractivity contribution < 1.29 is 9.59 Å². The zero-order valence-electron chi connectivity index (χ0n) is 13.1. The lowest BCUT2D eigenvalue weighted by Gasteiger charge is -2.16. The second kappa shape index (κ2) is 7.16. The number of thiophene rings is 1. The van der Waals surface area contributed by atoms with Gasteiger partial charge in [0.25, 0.3) is 17.4 Å². The Morgan fingerprint density at radius 2 is 2.04 bits per heavy atom. The van der Waals surface area contributed by atoms with E-state index in [1.807, 2.05) is 0 Å².